The zero-order valence-corrected chi connectivity index (χ0v) is 26.1. The third-order valence-corrected chi connectivity index (χ3v) is 8.07. The van der Waals surface area contributed by atoms with Gasteiger partial charge in [0, 0.05) is 18.2 Å². The predicted octanol–water partition coefficient (Wildman–Crippen LogP) is -2.76. The lowest BCUT2D eigenvalue weighted by Gasteiger charge is -2.39. The van der Waals surface area contributed by atoms with Crippen molar-refractivity contribution in [3.8, 4) is 40.1 Å². The van der Waals surface area contributed by atoms with E-state index in [0.717, 1.165) is 24.3 Å². The highest BCUT2D eigenvalue weighted by atomic mass is 16.7. The van der Waals surface area contributed by atoms with E-state index in [2.05, 4.69) is 0 Å². The van der Waals surface area contributed by atoms with E-state index in [4.69, 9.17) is 33.2 Å². The minimum atomic E-state index is -2.06. The molecule has 11 atom stereocenters. The summed E-state index contributed by atoms with van der Waals surface area (Å²) in [6.45, 7) is -1.62. The number of phenols is 3. The lowest BCUT2D eigenvalue weighted by atomic mass is 9.99. The second-order valence-electron chi connectivity index (χ2n) is 11.7. The number of hydrogen-bond donors (Lipinski definition) is 12. The van der Waals surface area contributed by atoms with Crippen LogP contribution in [0, 0.1) is 0 Å². The summed E-state index contributed by atoms with van der Waals surface area (Å²) < 4.78 is 33.5. The molecule has 2 aromatic carbocycles. The number of benzene rings is 2. The number of phenolic OH excluding ortho intramolecular Hbond substituents is 3. The van der Waals surface area contributed by atoms with Gasteiger partial charge in [-0.05, 0) is 12.1 Å². The molecule has 20 nitrogen and oxygen atoms in total. The third kappa shape index (κ3) is 7.99. The maximum atomic E-state index is 12.1. The van der Waals surface area contributed by atoms with Crippen molar-refractivity contribution in [1.29, 1.82) is 0 Å². The Morgan fingerprint density at radius 1 is 0.765 bits per heavy atom. The van der Waals surface area contributed by atoms with E-state index in [-0.39, 0.29) is 33.8 Å². The number of fused-ring (bicyclic) bond motifs is 1. The fraction of sp³-hybridized carbons (Fsp3) is 0.452. The number of carbonyl (C=O) groups excluding carboxylic acids is 1. The lowest BCUT2D eigenvalue weighted by Crippen LogP contribution is -2.60. The maximum absolute atomic E-state index is 12.1. The number of esters is 1. The van der Waals surface area contributed by atoms with Gasteiger partial charge in [0.2, 0.25) is 18.3 Å². The van der Waals surface area contributed by atoms with E-state index in [1.165, 1.54) is 12.1 Å². The molecule has 1 aromatic heterocycles. The molecule has 12 N–H and O–H groups in total. The summed E-state index contributed by atoms with van der Waals surface area (Å²) in [7, 11) is 0. The summed E-state index contributed by atoms with van der Waals surface area (Å²) in [5, 5.41) is 121. The number of carboxylic acid groups (broad SMARTS) is 1. The Labute approximate surface area is 285 Å². The minimum absolute atomic E-state index is 0.0331. The van der Waals surface area contributed by atoms with E-state index in [1.807, 2.05) is 0 Å². The molecular formula is C31H35O20+. The number of aliphatic carboxylic acids is 1. The van der Waals surface area contributed by atoms with Gasteiger partial charge < -0.3 is 85.0 Å². The molecule has 2 aliphatic rings. The lowest BCUT2D eigenvalue weighted by molar-refractivity contribution is -0.279. The Kier molecular flexibility index (Phi) is 11.3. The molecule has 0 saturated carbocycles. The molecule has 0 bridgehead atoms. The van der Waals surface area contributed by atoms with Crippen molar-refractivity contribution < 1.29 is 99.0 Å². The fourth-order valence-electron chi connectivity index (χ4n) is 5.30. The Bertz CT molecular complexity index is 1730. The highest BCUT2D eigenvalue weighted by Crippen LogP contribution is 2.43. The SMILES string of the molecule is O=C(O)CC(O)C(=O)OC[C@H]1O[C@@H](Oc2cc3c(O[C@@H]4O[C@H](CO)[C@@H](O)[C@H](O)[C@H]4O)cc(O)cc3[o+]c2-c2ccc(O)c(O)c2)[C@H](O)[C@@H](O)[C@@H]1O. The van der Waals surface area contributed by atoms with E-state index in [1.54, 1.807) is 0 Å². The van der Waals surface area contributed by atoms with Crippen LogP contribution in [0.5, 0.6) is 28.7 Å². The van der Waals surface area contributed by atoms with Crippen molar-refractivity contribution in [2.45, 2.75) is 73.9 Å². The molecule has 278 valence electrons. The molecule has 2 fully saturated rings. The maximum Gasteiger partial charge on any atom is 0.402 e. The number of aliphatic hydroxyl groups excluding tert-OH is 8. The average molecular weight is 728 g/mol. The van der Waals surface area contributed by atoms with Gasteiger partial charge in [0.15, 0.2) is 17.6 Å². The molecule has 0 aliphatic carbocycles. The van der Waals surface area contributed by atoms with Crippen LogP contribution >= 0.6 is 0 Å². The predicted molar refractivity (Wildman–Crippen MR) is 162 cm³/mol. The number of hydrogen-bond acceptors (Lipinski definition) is 18. The Morgan fingerprint density at radius 3 is 1.98 bits per heavy atom. The molecule has 5 rings (SSSR count). The summed E-state index contributed by atoms with van der Waals surface area (Å²) in [6, 6.07) is 6.80. The molecule has 2 saturated heterocycles. The van der Waals surface area contributed by atoms with Crippen LogP contribution in [0.2, 0.25) is 0 Å². The molecule has 0 radical (unpaired) electrons. The summed E-state index contributed by atoms with van der Waals surface area (Å²) in [4.78, 5) is 22.9. The number of rotatable bonds is 11. The zero-order valence-electron chi connectivity index (χ0n) is 26.1. The highest BCUT2D eigenvalue weighted by molar-refractivity contribution is 5.89. The van der Waals surface area contributed by atoms with E-state index < -0.39 is 116 Å². The van der Waals surface area contributed by atoms with Crippen LogP contribution in [0.1, 0.15) is 6.42 Å². The molecule has 20 heteroatoms. The van der Waals surface area contributed by atoms with Gasteiger partial charge in [-0.2, -0.15) is 0 Å². The molecule has 3 aromatic rings. The largest absolute Gasteiger partial charge is 0.507 e. The van der Waals surface area contributed by atoms with E-state index in [0.29, 0.717) is 0 Å². The van der Waals surface area contributed by atoms with Crippen molar-refractivity contribution in [2.75, 3.05) is 13.2 Å². The summed E-state index contributed by atoms with van der Waals surface area (Å²) in [6.07, 6.45) is -20.9. The molecule has 2 aliphatic heterocycles. The van der Waals surface area contributed by atoms with Crippen LogP contribution in [-0.4, -0.2) is 154 Å². The monoisotopic (exact) mass is 727 g/mol. The first-order chi connectivity index (χ1) is 24.1. The Balaban J connectivity index is 1.52. The minimum Gasteiger partial charge on any atom is -0.507 e. The van der Waals surface area contributed by atoms with Gasteiger partial charge in [-0.1, -0.05) is 0 Å². The van der Waals surface area contributed by atoms with Crippen LogP contribution < -0.4 is 9.47 Å². The van der Waals surface area contributed by atoms with Crippen LogP contribution in [0.4, 0.5) is 0 Å². The number of ether oxygens (including phenoxy) is 5. The Hall–Kier alpha value is -4.61. The number of carbonyl (C=O) groups is 2. The molecule has 3 heterocycles. The number of aromatic hydroxyl groups is 3. The first-order valence-corrected chi connectivity index (χ1v) is 15.2. The summed E-state index contributed by atoms with van der Waals surface area (Å²) in [5.41, 5.74) is -0.111. The third-order valence-electron chi connectivity index (χ3n) is 8.07. The molecular weight excluding hydrogens is 692 g/mol. The topological polar surface area (TPSA) is 334 Å². The van der Waals surface area contributed by atoms with Gasteiger partial charge in [0.1, 0.15) is 72.3 Å². The van der Waals surface area contributed by atoms with Crippen LogP contribution in [0.25, 0.3) is 22.3 Å². The van der Waals surface area contributed by atoms with Gasteiger partial charge >= 0.3 is 23.3 Å². The van der Waals surface area contributed by atoms with Gasteiger partial charge in [-0.3, -0.25) is 4.79 Å². The zero-order chi connectivity index (χ0) is 37.3. The second kappa shape index (κ2) is 15.3. The average Bonchev–Trinajstić information content (AvgIpc) is 3.08. The number of carboxylic acids is 1. The first-order valence-electron chi connectivity index (χ1n) is 15.2. The molecule has 0 spiro atoms. The second-order valence-corrected chi connectivity index (χ2v) is 11.7. The van der Waals surface area contributed by atoms with Gasteiger partial charge in [-0.25, -0.2) is 9.21 Å². The summed E-state index contributed by atoms with van der Waals surface area (Å²) in [5.74, 6) is -5.34. The van der Waals surface area contributed by atoms with Crippen molar-refractivity contribution in [3.63, 3.8) is 0 Å². The van der Waals surface area contributed by atoms with Gasteiger partial charge in [0.05, 0.1) is 24.7 Å². The van der Waals surface area contributed by atoms with Crippen LogP contribution in [0.15, 0.2) is 40.8 Å². The molecule has 51 heavy (non-hydrogen) atoms. The summed E-state index contributed by atoms with van der Waals surface area (Å²) >= 11 is 0. The van der Waals surface area contributed by atoms with Crippen molar-refractivity contribution in [1.82, 2.24) is 0 Å². The fourth-order valence-corrected chi connectivity index (χ4v) is 5.30. The van der Waals surface area contributed by atoms with Crippen molar-refractivity contribution in [3.05, 3.63) is 36.4 Å². The number of aliphatic hydroxyl groups is 8. The standard InChI is InChI=1S/C31H34O20/c32-8-19-22(39)24(41)26(43)30(50-19)48-17-5-11(33)4-16-12(17)6-18(28(47-16)10-1-2-13(34)14(35)3-10)49-31-27(44)25(42)23(40)20(51-31)9-46-29(45)15(36)7-21(37)38/h1-6,15,19-20,22-27,30-32,36,39-44H,7-9H2,(H3-,33,34,35,37,38)/p+1/t15?,19-,20-,22-,23-,24+,25+,26-,27-,30-,31-/m1/s1. The van der Waals surface area contributed by atoms with Crippen LogP contribution in [-0.2, 0) is 23.8 Å². The van der Waals surface area contributed by atoms with Gasteiger partial charge in [-0.15, -0.1) is 0 Å². The first kappa shape index (κ1) is 37.6. The van der Waals surface area contributed by atoms with Crippen LogP contribution in [0.3, 0.4) is 0 Å². The highest BCUT2D eigenvalue weighted by Gasteiger charge is 2.47. The Morgan fingerprint density at radius 2 is 1.37 bits per heavy atom. The molecule has 1 unspecified atom stereocenters. The quantitative estimate of drug-likeness (QED) is 0.0540. The van der Waals surface area contributed by atoms with E-state index >= 15 is 0 Å². The van der Waals surface area contributed by atoms with Crippen molar-refractivity contribution >= 4 is 22.9 Å². The smallest absolute Gasteiger partial charge is 0.402 e. The van der Waals surface area contributed by atoms with Crippen molar-refractivity contribution in [2.24, 2.45) is 0 Å². The normalized spacial score (nSPS) is 30.0. The van der Waals surface area contributed by atoms with Gasteiger partial charge in [0.25, 0.3) is 0 Å². The van der Waals surface area contributed by atoms with E-state index in [9.17, 15) is 65.8 Å². The molecule has 0 amide bonds.